The molecule has 0 aromatic heterocycles. The van der Waals surface area contributed by atoms with Crippen LogP contribution in [-0.2, 0) is 38.3 Å². The largest absolute Gasteiger partial charge is 1.00 e. The van der Waals surface area contributed by atoms with Gasteiger partial charge in [0, 0.05) is 18.7 Å². The van der Waals surface area contributed by atoms with Gasteiger partial charge in [0.25, 0.3) is 0 Å². The van der Waals surface area contributed by atoms with Crippen LogP contribution >= 0.6 is 0 Å². The number of alkyl carbamates (subject to hydrolysis) is 1. The van der Waals surface area contributed by atoms with E-state index in [2.05, 4.69) is 16.1 Å². The summed E-state index contributed by atoms with van der Waals surface area (Å²) >= 11 is 0. The zero-order chi connectivity index (χ0) is 22.3. The first kappa shape index (κ1) is 32.1. The summed E-state index contributed by atoms with van der Waals surface area (Å²) in [6.07, 6.45) is -1.05. The van der Waals surface area contributed by atoms with E-state index < -0.39 is 35.2 Å². The Morgan fingerprint density at radius 1 is 1.10 bits per heavy atom. The van der Waals surface area contributed by atoms with E-state index in [-0.39, 0.29) is 95.8 Å². The Hall–Kier alpha value is -0.0936. The molecule has 1 N–H and O–H groups in total. The summed E-state index contributed by atoms with van der Waals surface area (Å²) < 4.78 is 56.3. The topological polar surface area (TPSA) is 150 Å². The molecule has 0 fully saturated rings. The molecule has 170 valence electrons. The quantitative estimate of drug-likeness (QED) is 0.0643. The zero-order valence-electron chi connectivity index (χ0n) is 18.0. The second kappa shape index (κ2) is 18.5. The van der Waals surface area contributed by atoms with E-state index in [1.54, 1.807) is 0 Å². The van der Waals surface area contributed by atoms with Crippen LogP contribution in [0.3, 0.4) is 0 Å². The number of esters is 1. The third-order valence-electron chi connectivity index (χ3n) is 3.40. The molecule has 2 atom stereocenters. The molecule has 0 aromatic rings. The van der Waals surface area contributed by atoms with Gasteiger partial charge in [-0.15, -0.1) is 0 Å². The first-order valence-corrected chi connectivity index (χ1v) is 10.4. The summed E-state index contributed by atoms with van der Waals surface area (Å²) in [6, 6.07) is 0. The SMILES string of the molecule is C=C(C)C(=O)OCCOCCNC(=O)OC(COCC(C)CC)COS(=O)(=O)[O-].[K+]. The maximum absolute atomic E-state index is 11.8. The van der Waals surface area contributed by atoms with Crippen LogP contribution in [0, 0.1) is 5.92 Å². The van der Waals surface area contributed by atoms with E-state index in [1.807, 2.05) is 13.8 Å². The Morgan fingerprint density at radius 3 is 2.33 bits per heavy atom. The second-order valence-electron chi connectivity index (χ2n) is 6.23. The normalized spacial score (nSPS) is 12.9. The van der Waals surface area contributed by atoms with E-state index in [4.69, 9.17) is 18.9 Å². The van der Waals surface area contributed by atoms with E-state index in [1.165, 1.54) is 6.92 Å². The minimum atomic E-state index is -4.92. The summed E-state index contributed by atoms with van der Waals surface area (Å²) in [4.78, 5) is 22.9. The Morgan fingerprint density at radius 2 is 1.77 bits per heavy atom. The molecule has 0 aliphatic heterocycles. The molecule has 0 saturated carbocycles. The molecule has 0 aliphatic carbocycles. The van der Waals surface area contributed by atoms with Crippen LogP contribution in [-0.4, -0.2) is 77.3 Å². The second-order valence-corrected chi connectivity index (χ2v) is 7.28. The van der Waals surface area contributed by atoms with Crippen molar-refractivity contribution in [2.24, 2.45) is 5.92 Å². The van der Waals surface area contributed by atoms with Gasteiger partial charge in [-0.3, -0.25) is 4.18 Å². The molecule has 2 unspecified atom stereocenters. The third-order valence-corrected chi connectivity index (χ3v) is 3.82. The molecule has 13 heteroatoms. The number of ether oxygens (including phenoxy) is 4. The van der Waals surface area contributed by atoms with Crippen molar-refractivity contribution in [2.75, 3.05) is 46.2 Å². The number of rotatable bonds is 16. The van der Waals surface area contributed by atoms with E-state index in [0.29, 0.717) is 6.61 Å². The van der Waals surface area contributed by atoms with Crippen molar-refractivity contribution < 1.29 is 97.1 Å². The average Bonchev–Trinajstić information content (AvgIpc) is 2.63. The van der Waals surface area contributed by atoms with Gasteiger partial charge in [-0.05, 0) is 12.8 Å². The van der Waals surface area contributed by atoms with Crippen LogP contribution in [0.5, 0.6) is 0 Å². The summed E-state index contributed by atoms with van der Waals surface area (Å²) in [6.45, 7) is 8.91. The molecule has 0 spiro atoms. The van der Waals surface area contributed by atoms with Gasteiger partial charge in [0.05, 0.1) is 19.8 Å². The summed E-state index contributed by atoms with van der Waals surface area (Å²) in [5.41, 5.74) is 0.283. The van der Waals surface area contributed by atoms with Crippen LogP contribution in [0.15, 0.2) is 12.2 Å². The monoisotopic (exact) mass is 479 g/mol. The summed E-state index contributed by atoms with van der Waals surface area (Å²) in [7, 11) is -4.92. The van der Waals surface area contributed by atoms with Crippen LogP contribution in [0.2, 0.25) is 0 Å². The molecule has 0 saturated heterocycles. The van der Waals surface area contributed by atoms with E-state index in [9.17, 15) is 22.6 Å². The number of carbonyl (C=O) groups excluding carboxylic acids is 2. The summed E-state index contributed by atoms with van der Waals surface area (Å²) in [5, 5.41) is 2.39. The molecule has 0 heterocycles. The molecule has 11 nitrogen and oxygen atoms in total. The number of hydrogen-bond donors (Lipinski definition) is 1. The predicted molar refractivity (Wildman–Crippen MR) is 101 cm³/mol. The van der Waals surface area contributed by atoms with Crippen molar-refractivity contribution in [1.82, 2.24) is 5.32 Å². The Kier molecular flexibility index (Phi) is 19.8. The third kappa shape index (κ3) is 19.8. The van der Waals surface area contributed by atoms with Crippen LogP contribution in [0.1, 0.15) is 27.2 Å². The molecule has 0 bridgehead atoms. The molecule has 30 heavy (non-hydrogen) atoms. The van der Waals surface area contributed by atoms with Gasteiger partial charge in [0.15, 0.2) is 6.10 Å². The molecule has 1 amide bonds. The smallest absolute Gasteiger partial charge is 0.726 e. The van der Waals surface area contributed by atoms with Crippen molar-refractivity contribution >= 4 is 22.5 Å². The van der Waals surface area contributed by atoms with Gasteiger partial charge < -0.3 is 28.8 Å². The number of amides is 1. The first-order valence-electron chi connectivity index (χ1n) is 9.08. The van der Waals surface area contributed by atoms with Crippen molar-refractivity contribution in [3.8, 4) is 0 Å². The van der Waals surface area contributed by atoms with Gasteiger partial charge in [0.1, 0.15) is 13.2 Å². The van der Waals surface area contributed by atoms with Gasteiger partial charge in [-0.1, -0.05) is 26.8 Å². The summed E-state index contributed by atoms with van der Waals surface area (Å²) in [5.74, 6) is -0.250. The van der Waals surface area contributed by atoms with Crippen LogP contribution in [0.4, 0.5) is 4.79 Å². The number of nitrogens with one attached hydrogen (secondary N) is 1. The maximum Gasteiger partial charge on any atom is 1.00 e. The predicted octanol–water partition coefficient (Wildman–Crippen LogP) is -2.24. The minimum absolute atomic E-state index is 0. The molecule has 0 aliphatic rings. The average molecular weight is 480 g/mol. The molecule has 0 aromatic carbocycles. The maximum atomic E-state index is 11.8. The molecule has 0 radical (unpaired) electrons. The van der Waals surface area contributed by atoms with Crippen LogP contribution < -0.4 is 56.7 Å². The van der Waals surface area contributed by atoms with Gasteiger partial charge in [0.2, 0.25) is 10.4 Å². The molecular formula is C17H30KNO10S. The fraction of sp³-hybridized carbons (Fsp3) is 0.765. The Labute approximate surface area is 220 Å². The molecular weight excluding hydrogens is 449 g/mol. The van der Waals surface area contributed by atoms with Gasteiger partial charge >= 0.3 is 63.4 Å². The van der Waals surface area contributed by atoms with Gasteiger partial charge in [-0.2, -0.15) is 0 Å². The van der Waals surface area contributed by atoms with E-state index in [0.717, 1.165) is 6.42 Å². The Balaban J connectivity index is 0. The van der Waals surface area contributed by atoms with E-state index >= 15 is 0 Å². The zero-order valence-corrected chi connectivity index (χ0v) is 21.9. The fourth-order valence-electron chi connectivity index (χ4n) is 1.63. The van der Waals surface area contributed by atoms with Crippen LogP contribution in [0.25, 0.3) is 0 Å². The first-order chi connectivity index (χ1) is 13.5. The van der Waals surface area contributed by atoms with Crippen molar-refractivity contribution in [1.29, 1.82) is 0 Å². The Bertz CT molecular complexity index is 614. The van der Waals surface area contributed by atoms with Crippen molar-refractivity contribution in [2.45, 2.75) is 33.3 Å². The van der Waals surface area contributed by atoms with Gasteiger partial charge in [-0.25, -0.2) is 18.0 Å². The minimum Gasteiger partial charge on any atom is -0.726 e. The number of carbonyl (C=O) groups is 2. The standard InChI is InChI=1S/C17H31NO10S.K/c1-5-14(4)10-25-11-15(12-27-29(21,22)23)28-17(20)18-6-7-24-8-9-26-16(19)13(2)3;/h14-15H,2,5-12H2,1,3-4H3,(H,18,20)(H,21,22,23);/q;+1/p-1. The fourth-order valence-corrected chi connectivity index (χ4v) is 1.95. The molecule has 0 rings (SSSR count). The van der Waals surface area contributed by atoms with Crippen molar-refractivity contribution in [3.05, 3.63) is 12.2 Å². The van der Waals surface area contributed by atoms with Crippen molar-refractivity contribution in [3.63, 3.8) is 0 Å². The number of hydrogen-bond acceptors (Lipinski definition) is 10.